The van der Waals surface area contributed by atoms with Crippen molar-refractivity contribution in [3.63, 3.8) is 0 Å². The van der Waals surface area contributed by atoms with E-state index < -0.39 is 0 Å². The number of hydrogen-bond donors (Lipinski definition) is 2. The Kier molecular flexibility index (Phi) is 9.85. The van der Waals surface area contributed by atoms with Gasteiger partial charge in [-0.3, -0.25) is 0 Å². The summed E-state index contributed by atoms with van der Waals surface area (Å²) in [6.45, 7) is 7.63. The zero-order chi connectivity index (χ0) is 7.98. The molecule has 0 aromatic heterocycles. The molecular formula is C9H24N2. The highest BCUT2D eigenvalue weighted by Crippen LogP contribution is 2.18. The highest BCUT2D eigenvalue weighted by molar-refractivity contribution is 4.64. The fraction of sp³-hybridized carbons (Fsp3) is 1.00. The summed E-state index contributed by atoms with van der Waals surface area (Å²) in [6.07, 6.45) is 3.85. The molecule has 2 nitrogen and oxygen atoms in total. The van der Waals surface area contributed by atoms with Gasteiger partial charge in [0.2, 0.25) is 0 Å². The Morgan fingerprint density at radius 2 is 1.82 bits per heavy atom. The topological polar surface area (TPSA) is 61.0 Å². The van der Waals surface area contributed by atoms with Crippen molar-refractivity contribution < 1.29 is 0 Å². The van der Waals surface area contributed by atoms with E-state index in [1.165, 1.54) is 19.3 Å². The molecule has 0 aromatic rings. The molecule has 0 saturated heterocycles. The molecule has 0 aromatic carbocycles. The Labute approximate surface area is 71.1 Å². The second-order valence-electron chi connectivity index (χ2n) is 3.17. The molecule has 0 bridgehead atoms. The van der Waals surface area contributed by atoms with Crippen LogP contribution < -0.4 is 11.9 Å². The fourth-order valence-electron chi connectivity index (χ4n) is 1.49. The first-order valence-electron chi connectivity index (χ1n) is 4.46. The molecule has 0 aliphatic carbocycles. The monoisotopic (exact) mass is 160 g/mol. The molecule has 0 rings (SSSR count). The molecule has 0 aliphatic rings. The van der Waals surface area contributed by atoms with E-state index in [0.717, 1.165) is 18.4 Å². The van der Waals surface area contributed by atoms with Gasteiger partial charge >= 0.3 is 0 Å². The van der Waals surface area contributed by atoms with Crippen LogP contribution in [0.5, 0.6) is 0 Å². The molecule has 0 aliphatic heterocycles. The van der Waals surface area contributed by atoms with Gasteiger partial charge in [0.1, 0.15) is 0 Å². The van der Waals surface area contributed by atoms with E-state index in [9.17, 15) is 0 Å². The maximum Gasteiger partial charge on any atom is -0.00464 e. The van der Waals surface area contributed by atoms with Crippen LogP contribution in [0.4, 0.5) is 0 Å². The van der Waals surface area contributed by atoms with Crippen molar-refractivity contribution in [3.05, 3.63) is 0 Å². The smallest absolute Gasteiger partial charge is 0.00464 e. The predicted octanol–water partition coefficient (Wildman–Crippen LogP) is 2.57. The average Bonchev–Trinajstić information content (AvgIpc) is 1.91. The lowest BCUT2D eigenvalue weighted by Gasteiger charge is -2.19. The largest absolute Gasteiger partial charge is 0.344 e. The molecule has 0 radical (unpaired) electrons. The molecule has 0 saturated carbocycles. The Bertz CT molecular complexity index is 70.0. The van der Waals surface area contributed by atoms with Crippen molar-refractivity contribution in [3.8, 4) is 0 Å². The minimum atomic E-state index is 0. The maximum absolute atomic E-state index is 5.61. The molecule has 0 fully saturated rings. The molecule has 2 atom stereocenters. The van der Waals surface area contributed by atoms with Crippen molar-refractivity contribution in [2.24, 2.45) is 17.6 Å². The molecule has 11 heavy (non-hydrogen) atoms. The van der Waals surface area contributed by atoms with Crippen LogP contribution >= 0.6 is 0 Å². The molecule has 2 unspecified atom stereocenters. The first kappa shape index (κ1) is 13.5. The zero-order valence-electron chi connectivity index (χ0n) is 8.27. The standard InChI is InChI=1S/C9H21N.H3N/c1-4-6-8(3)9(5-2)7-10;/h8-9H,4-7,10H2,1-3H3;1H3. The average molecular weight is 160 g/mol. The van der Waals surface area contributed by atoms with Crippen molar-refractivity contribution >= 4 is 0 Å². The van der Waals surface area contributed by atoms with Gasteiger partial charge in [0.25, 0.3) is 0 Å². The molecular weight excluding hydrogens is 136 g/mol. The van der Waals surface area contributed by atoms with Crippen molar-refractivity contribution in [1.82, 2.24) is 6.15 Å². The molecule has 70 valence electrons. The third-order valence-corrected chi connectivity index (χ3v) is 2.38. The second kappa shape index (κ2) is 8.02. The summed E-state index contributed by atoms with van der Waals surface area (Å²) >= 11 is 0. The number of hydrogen-bond acceptors (Lipinski definition) is 2. The first-order chi connectivity index (χ1) is 4.76. The molecule has 0 spiro atoms. The van der Waals surface area contributed by atoms with Gasteiger partial charge in [-0.05, 0) is 18.4 Å². The Morgan fingerprint density at radius 3 is 2.09 bits per heavy atom. The number of rotatable bonds is 5. The normalized spacial score (nSPS) is 15.3. The second-order valence-corrected chi connectivity index (χ2v) is 3.17. The Hall–Kier alpha value is -0.0800. The summed E-state index contributed by atoms with van der Waals surface area (Å²) in [7, 11) is 0. The van der Waals surface area contributed by atoms with E-state index in [0.29, 0.717) is 0 Å². The van der Waals surface area contributed by atoms with Gasteiger partial charge < -0.3 is 11.9 Å². The van der Waals surface area contributed by atoms with Crippen LogP contribution in [0.1, 0.15) is 40.0 Å². The van der Waals surface area contributed by atoms with Crippen LogP contribution in [0.2, 0.25) is 0 Å². The zero-order valence-corrected chi connectivity index (χ0v) is 8.27. The fourth-order valence-corrected chi connectivity index (χ4v) is 1.49. The van der Waals surface area contributed by atoms with Crippen LogP contribution in [0.25, 0.3) is 0 Å². The summed E-state index contributed by atoms with van der Waals surface area (Å²) in [6, 6.07) is 0. The van der Waals surface area contributed by atoms with Crippen molar-refractivity contribution in [1.29, 1.82) is 0 Å². The van der Waals surface area contributed by atoms with E-state index in [1.807, 2.05) is 0 Å². The van der Waals surface area contributed by atoms with Crippen LogP contribution in [-0.2, 0) is 0 Å². The summed E-state index contributed by atoms with van der Waals surface area (Å²) in [5.74, 6) is 1.57. The minimum absolute atomic E-state index is 0. The molecule has 0 heterocycles. The SMILES string of the molecule is CCCC(C)C(CC)CN.N. The van der Waals surface area contributed by atoms with E-state index in [2.05, 4.69) is 20.8 Å². The van der Waals surface area contributed by atoms with E-state index >= 15 is 0 Å². The van der Waals surface area contributed by atoms with E-state index in [-0.39, 0.29) is 6.15 Å². The van der Waals surface area contributed by atoms with Crippen LogP contribution in [0, 0.1) is 11.8 Å². The maximum atomic E-state index is 5.61. The highest BCUT2D eigenvalue weighted by atomic mass is 14.5. The molecule has 0 amide bonds. The van der Waals surface area contributed by atoms with Crippen molar-refractivity contribution in [2.45, 2.75) is 40.0 Å². The summed E-state index contributed by atoms with van der Waals surface area (Å²) in [5, 5.41) is 0. The lowest BCUT2D eigenvalue weighted by Crippen LogP contribution is -2.20. The van der Waals surface area contributed by atoms with E-state index in [4.69, 9.17) is 5.73 Å². The lowest BCUT2D eigenvalue weighted by molar-refractivity contribution is 0.333. The Balaban J connectivity index is 0. The third kappa shape index (κ3) is 5.22. The van der Waals surface area contributed by atoms with Gasteiger partial charge in [0, 0.05) is 0 Å². The lowest BCUT2D eigenvalue weighted by atomic mass is 9.88. The van der Waals surface area contributed by atoms with Crippen LogP contribution in [-0.4, -0.2) is 6.54 Å². The quantitative estimate of drug-likeness (QED) is 0.649. The molecule has 5 N–H and O–H groups in total. The first-order valence-corrected chi connectivity index (χ1v) is 4.46. The van der Waals surface area contributed by atoms with Gasteiger partial charge in [0.05, 0.1) is 0 Å². The Morgan fingerprint density at radius 1 is 1.27 bits per heavy atom. The van der Waals surface area contributed by atoms with Gasteiger partial charge in [-0.25, -0.2) is 0 Å². The summed E-state index contributed by atoms with van der Waals surface area (Å²) < 4.78 is 0. The minimum Gasteiger partial charge on any atom is -0.344 e. The third-order valence-electron chi connectivity index (χ3n) is 2.38. The highest BCUT2D eigenvalue weighted by Gasteiger charge is 2.11. The van der Waals surface area contributed by atoms with Gasteiger partial charge in [-0.2, -0.15) is 0 Å². The van der Waals surface area contributed by atoms with Gasteiger partial charge in [-0.15, -0.1) is 0 Å². The summed E-state index contributed by atoms with van der Waals surface area (Å²) in [4.78, 5) is 0. The number of nitrogens with two attached hydrogens (primary N) is 1. The van der Waals surface area contributed by atoms with Crippen molar-refractivity contribution in [2.75, 3.05) is 6.54 Å². The van der Waals surface area contributed by atoms with Crippen LogP contribution in [0.15, 0.2) is 0 Å². The van der Waals surface area contributed by atoms with E-state index in [1.54, 1.807) is 0 Å². The van der Waals surface area contributed by atoms with Gasteiger partial charge in [-0.1, -0.05) is 40.0 Å². The predicted molar refractivity (Wildman–Crippen MR) is 51.9 cm³/mol. The summed E-state index contributed by atoms with van der Waals surface area (Å²) in [5.41, 5.74) is 5.61. The van der Waals surface area contributed by atoms with Gasteiger partial charge in [0.15, 0.2) is 0 Å². The van der Waals surface area contributed by atoms with Crippen LogP contribution in [0.3, 0.4) is 0 Å². The molecule has 2 heteroatoms.